The number of rotatable bonds is 4. The zero-order valence-corrected chi connectivity index (χ0v) is 36.3. The molecule has 11 nitrogen and oxygen atoms in total. The molecule has 0 amide bonds. The number of ketones is 2. The Morgan fingerprint density at radius 1 is 0.574 bits per heavy atom. The Hall–Kier alpha value is -4.02. The van der Waals surface area contributed by atoms with Gasteiger partial charge in [-0.15, -0.1) is 0 Å². The van der Waals surface area contributed by atoms with E-state index in [0.29, 0.717) is 45.0 Å². The van der Waals surface area contributed by atoms with Gasteiger partial charge in [-0.2, -0.15) is 0 Å². The van der Waals surface area contributed by atoms with Crippen molar-refractivity contribution in [1.29, 1.82) is 0 Å². The molecule has 16 heteroatoms. The molecule has 8 N–H and O–H groups in total. The summed E-state index contributed by atoms with van der Waals surface area (Å²) in [6.07, 6.45) is 3.07. The maximum absolute atomic E-state index is 12.9. The van der Waals surface area contributed by atoms with Gasteiger partial charge in [0.05, 0.1) is 95.1 Å². The molecule has 0 saturated carbocycles. The molecule has 0 unspecified atom stereocenters. The van der Waals surface area contributed by atoms with Gasteiger partial charge in [0.25, 0.3) is 0 Å². The number of carbonyl (C=O) groups excluding carboxylic acids is 2. The number of anilines is 2. The van der Waals surface area contributed by atoms with Crippen molar-refractivity contribution in [2.75, 3.05) is 53.8 Å². The first-order valence-corrected chi connectivity index (χ1v) is 18.1. The molecule has 0 radical (unpaired) electrons. The Balaban J connectivity index is 0.000000280. The summed E-state index contributed by atoms with van der Waals surface area (Å²) in [7, 11) is 12.4. The number of allylic oxidation sites excluding steroid dienone is 3. The number of aromatic hydroxyl groups is 2. The number of carbonyl (C=O) groups is 2. The highest BCUT2D eigenvalue weighted by atomic mass is 79.9. The third-order valence-electron chi connectivity index (χ3n) is 8.30. The smallest absolute Gasteiger partial charge is 0.214 e. The van der Waals surface area contributed by atoms with Gasteiger partial charge in [0.1, 0.15) is 28.6 Å². The van der Waals surface area contributed by atoms with Gasteiger partial charge >= 0.3 is 0 Å². The lowest BCUT2D eigenvalue weighted by atomic mass is 9.90. The van der Waals surface area contributed by atoms with Crippen molar-refractivity contribution < 1.29 is 44.6 Å². The van der Waals surface area contributed by atoms with Crippen LogP contribution in [0.2, 0.25) is 0 Å². The van der Waals surface area contributed by atoms with E-state index in [1.54, 1.807) is 6.08 Å². The molecule has 0 saturated heterocycles. The molecule has 2 aliphatic rings. The van der Waals surface area contributed by atoms with E-state index in [0.717, 1.165) is 11.4 Å². The number of hydrogen-bond donors (Lipinski definition) is 5. The van der Waals surface area contributed by atoms with Crippen LogP contribution in [0.4, 0.5) is 34.1 Å². The fourth-order valence-corrected chi connectivity index (χ4v) is 6.84. The van der Waals surface area contributed by atoms with E-state index >= 15 is 0 Å². The van der Waals surface area contributed by atoms with Gasteiger partial charge < -0.3 is 52.2 Å². The second-order valence-corrected chi connectivity index (χ2v) is 16.5. The summed E-state index contributed by atoms with van der Waals surface area (Å²) in [6.45, 7) is 0. The van der Waals surface area contributed by atoms with Crippen LogP contribution in [-0.2, 0) is 0 Å². The maximum Gasteiger partial charge on any atom is 0.214 e. The highest BCUT2D eigenvalue weighted by Gasteiger charge is 2.31. The van der Waals surface area contributed by atoms with Crippen molar-refractivity contribution in [2.45, 2.75) is 0 Å². The molecule has 0 spiro atoms. The summed E-state index contributed by atoms with van der Waals surface area (Å²) < 4.78 is 2.47. The Kier molecular flexibility index (Phi) is 13.8. The van der Waals surface area contributed by atoms with Crippen molar-refractivity contribution in [2.24, 2.45) is 15.7 Å². The first kappa shape index (κ1) is 44.4. The van der Waals surface area contributed by atoms with E-state index in [9.17, 15) is 19.8 Å². The fourth-order valence-electron chi connectivity index (χ4n) is 5.53. The Morgan fingerprint density at radius 2 is 1.07 bits per heavy atom. The minimum absolute atomic E-state index is 0. The number of phenolic OH excluding ortho intramolecular Hbond substituents is 2. The lowest BCUT2D eigenvalue weighted by Crippen LogP contribution is -3.00. The molecule has 284 valence electrons. The van der Waals surface area contributed by atoms with Crippen LogP contribution < -0.4 is 51.0 Å². The molecule has 54 heavy (non-hydrogen) atoms. The molecule has 0 fully saturated rings. The van der Waals surface area contributed by atoms with E-state index in [1.807, 2.05) is 69.7 Å². The molecule has 0 atom stereocenters. The molecule has 6 rings (SSSR count). The number of hydrogen-bond acceptors (Lipinski definition) is 9. The Bertz CT molecular complexity index is 2290. The molecule has 4 aromatic carbocycles. The molecular formula is C38H38Br3Cl2N7O4. The number of nitrogens with zero attached hydrogens (tertiary/aromatic N) is 4. The predicted octanol–water partition coefficient (Wildman–Crippen LogP) is 1.74. The van der Waals surface area contributed by atoms with Crippen molar-refractivity contribution in [3.8, 4) is 11.5 Å². The van der Waals surface area contributed by atoms with Crippen LogP contribution in [0.3, 0.4) is 0 Å². The largest absolute Gasteiger partial charge is 1.00 e. The number of quaternary nitrogens is 2. The summed E-state index contributed by atoms with van der Waals surface area (Å²) >= 11 is 9.76. The third-order valence-corrected chi connectivity index (χ3v) is 10.1. The summed E-state index contributed by atoms with van der Waals surface area (Å²) in [5.74, 6) is -0.812. The third kappa shape index (κ3) is 9.08. The van der Waals surface area contributed by atoms with Crippen LogP contribution in [0.5, 0.6) is 11.5 Å². The summed E-state index contributed by atoms with van der Waals surface area (Å²) in [4.78, 5) is 34.5. The van der Waals surface area contributed by atoms with Crippen LogP contribution in [0.1, 0.15) is 31.8 Å². The number of Topliss-reactive ketones (excluding diaryl/α,β-unsaturated/α-hetero) is 2. The van der Waals surface area contributed by atoms with Crippen molar-refractivity contribution in [3.05, 3.63) is 108 Å². The number of nitrogens with two attached hydrogens (primary N) is 3. The normalized spacial score (nSPS) is 15.2. The number of phenols is 2. The highest BCUT2D eigenvalue weighted by Crippen LogP contribution is 2.41. The standard InChI is InChI=1S/C19H17Br2N3O2.C19H19BrN4O2.2ClH/c1-24(2,3)11-6-4-10(5-7-11)23-15-9-13(21)18(25)16-14(22)8-12(20)19(26)17(15)16;1-24(2,3)11-6-4-5-10(7-11)23-15-9-14(22)16-17(19(15)26)13(21)8-12(20)18(16)25;;/h4-9H,1-3H3,(H2-,22,23,25,26);4-9H,1-3H3,(H4-,21,22,23,25,26);2*1H. The predicted molar refractivity (Wildman–Crippen MR) is 224 cm³/mol. The molecule has 0 aromatic heterocycles. The lowest BCUT2D eigenvalue weighted by Gasteiger charge is -2.23. The van der Waals surface area contributed by atoms with Gasteiger partial charge in [0.2, 0.25) is 11.6 Å². The van der Waals surface area contributed by atoms with E-state index in [1.165, 1.54) is 18.2 Å². The minimum atomic E-state index is -0.370. The molecule has 2 aliphatic carbocycles. The minimum Gasteiger partial charge on any atom is -1.00 e. The van der Waals surface area contributed by atoms with Gasteiger partial charge in [-0.25, -0.2) is 9.98 Å². The van der Waals surface area contributed by atoms with Gasteiger partial charge in [-0.05, 0) is 96.3 Å². The lowest BCUT2D eigenvalue weighted by molar-refractivity contribution is -0.00100. The molecule has 0 aliphatic heterocycles. The van der Waals surface area contributed by atoms with Crippen LogP contribution in [0.25, 0.3) is 5.70 Å². The van der Waals surface area contributed by atoms with Gasteiger partial charge in [0, 0.05) is 35.3 Å². The fraction of sp³-hybridized carbons (Fsp3) is 0.158. The van der Waals surface area contributed by atoms with Gasteiger partial charge in [-0.3, -0.25) is 18.6 Å². The van der Waals surface area contributed by atoms with Crippen LogP contribution in [0, 0.1) is 0 Å². The second-order valence-electron chi connectivity index (χ2n) is 13.9. The first-order chi connectivity index (χ1) is 24.2. The monoisotopic (exact) mass is 963 g/mol. The first-order valence-electron chi connectivity index (χ1n) is 15.8. The summed E-state index contributed by atoms with van der Waals surface area (Å²) in [5, 5.41) is 20.7. The van der Waals surface area contributed by atoms with Crippen molar-refractivity contribution in [1.82, 2.24) is 8.97 Å². The van der Waals surface area contributed by atoms with Gasteiger partial charge in [-0.1, -0.05) is 6.07 Å². The quantitative estimate of drug-likeness (QED) is 0.118. The molecule has 0 bridgehead atoms. The second kappa shape index (κ2) is 16.8. The number of benzene rings is 4. The van der Waals surface area contributed by atoms with E-state index in [2.05, 4.69) is 78.9 Å². The van der Waals surface area contributed by atoms with Crippen LogP contribution >= 0.6 is 47.8 Å². The number of halogens is 5. The van der Waals surface area contributed by atoms with E-state index < -0.39 is 0 Å². The molecular weight excluding hydrogens is 929 g/mol. The van der Waals surface area contributed by atoms with E-state index in [-0.39, 0.29) is 87.4 Å². The maximum atomic E-state index is 12.9. The van der Waals surface area contributed by atoms with Crippen molar-refractivity contribution in [3.63, 3.8) is 0 Å². The van der Waals surface area contributed by atoms with Crippen LogP contribution in [-0.4, -0.2) is 75.5 Å². The molecule has 4 aromatic rings. The Labute approximate surface area is 351 Å². The zero-order valence-electron chi connectivity index (χ0n) is 30.0. The van der Waals surface area contributed by atoms with Crippen LogP contribution in [0.15, 0.2) is 96.2 Å². The topological polar surface area (TPSA) is 177 Å². The zero-order chi connectivity index (χ0) is 38.4. The number of nitrogen functional groups attached to an aromatic ring is 2. The number of fused-ring (bicyclic) bond motifs is 2. The molecule has 0 heterocycles. The summed E-state index contributed by atoms with van der Waals surface area (Å²) in [6, 6.07) is 18.5. The Morgan fingerprint density at radius 3 is 1.61 bits per heavy atom. The average molecular weight is 967 g/mol. The SMILES string of the molecule is C[N+](C)(C)c1ccc(N=C2C=C(Br)C(=O)c3c(N)cc(Br)c(O)c32)cc1.C[N+](C)(C)c1cccc(N=C2C=C(N)c3c(O)c(Br)cc(N)c3C2=O)c1.[Cl-].[Cl-]. The van der Waals surface area contributed by atoms with E-state index in [4.69, 9.17) is 17.2 Å². The highest BCUT2D eigenvalue weighted by molar-refractivity contribution is 9.12. The number of aliphatic imine (C=N–C) groups is 2. The average Bonchev–Trinajstić information content (AvgIpc) is 3.05. The van der Waals surface area contributed by atoms with Crippen molar-refractivity contribution >= 4 is 111 Å². The summed E-state index contributed by atoms with van der Waals surface area (Å²) in [5.41, 5.74) is 24.1. The van der Waals surface area contributed by atoms with Gasteiger partial charge in [0.15, 0.2) is 0 Å².